The lowest BCUT2D eigenvalue weighted by Gasteiger charge is -2.06. The Morgan fingerprint density at radius 3 is 1.32 bits per heavy atom. The van der Waals surface area contributed by atoms with Gasteiger partial charge in [0.2, 0.25) is 11.9 Å². The van der Waals surface area contributed by atoms with Crippen LogP contribution in [0.5, 0.6) is 11.5 Å². The zero-order valence-corrected chi connectivity index (χ0v) is 14.4. The van der Waals surface area contributed by atoms with Crippen LogP contribution in [-0.4, -0.2) is 22.3 Å². The van der Waals surface area contributed by atoms with Crippen molar-refractivity contribution >= 4 is 48.1 Å². The minimum absolute atomic E-state index is 0. The smallest absolute Gasteiger partial charge is 0.218 e. The SMILES string of the molecule is Cl.Cl.NC(=Nc1ccc(Oc2ccc(N=C(N)NO)cc2)cc1)NO. The van der Waals surface area contributed by atoms with Crippen LogP contribution in [0.4, 0.5) is 11.4 Å². The summed E-state index contributed by atoms with van der Waals surface area (Å²) in [4.78, 5) is 7.80. The summed E-state index contributed by atoms with van der Waals surface area (Å²) >= 11 is 0. The quantitative estimate of drug-likeness (QED) is 0.266. The molecule has 0 atom stereocenters. The second-order valence-electron chi connectivity index (χ2n) is 4.31. The lowest BCUT2D eigenvalue weighted by Crippen LogP contribution is -2.27. The molecule has 0 saturated carbocycles. The largest absolute Gasteiger partial charge is 0.457 e. The topological polar surface area (TPSA) is 151 Å². The van der Waals surface area contributed by atoms with Crippen molar-refractivity contribution in [3.63, 3.8) is 0 Å². The van der Waals surface area contributed by atoms with E-state index in [9.17, 15) is 0 Å². The minimum atomic E-state index is -0.105. The van der Waals surface area contributed by atoms with Crippen LogP contribution in [0, 0.1) is 0 Å². The van der Waals surface area contributed by atoms with Crippen molar-refractivity contribution in [1.82, 2.24) is 11.0 Å². The van der Waals surface area contributed by atoms with Crippen LogP contribution in [0.3, 0.4) is 0 Å². The summed E-state index contributed by atoms with van der Waals surface area (Å²) in [5.41, 5.74) is 15.3. The first-order valence-electron chi connectivity index (χ1n) is 6.47. The summed E-state index contributed by atoms with van der Waals surface area (Å²) in [7, 11) is 0. The molecule has 0 bridgehead atoms. The summed E-state index contributed by atoms with van der Waals surface area (Å²) in [5, 5.41) is 17.1. The Balaban J connectivity index is 0.00000288. The molecule has 0 fully saturated rings. The highest BCUT2D eigenvalue weighted by Crippen LogP contribution is 2.25. The minimum Gasteiger partial charge on any atom is -0.457 e. The van der Waals surface area contributed by atoms with Gasteiger partial charge in [0, 0.05) is 0 Å². The fourth-order valence-electron chi connectivity index (χ4n) is 1.64. The average Bonchev–Trinajstić information content (AvgIpc) is 2.58. The molecule has 0 aliphatic carbocycles. The Kier molecular flexibility index (Phi) is 9.75. The highest BCUT2D eigenvalue weighted by atomic mass is 35.5. The lowest BCUT2D eigenvalue weighted by atomic mass is 10.3. The number of ether oxygens (including phenoxy) is 1. The molecule has 2 aromatic rings. The molecule has 9 nitrogen and oxygen atoms in total. The molecule has 0 radical (unpaired) electrons. The molecule has 136 valence electrons. The van der Waals surface area contributed by atoms with E-state index in [1.165, 1.54) is 0 Å². The van der Waals surface area contributed by atoms with Gasteiger partial charge in [0.05, 0.1) is 11.4 Å². The van der Waals surface area contributed by atoms with E-state index in [0.29, 0.717) is 22.9 Å². The number of hydroxylamine groups is 2. The van der Waals surface area contributed by atoms with Crippen LogP contribution in [0.25, 0.3) is 0 Å². The fourth-order valence-corrected chi connectivity index (χ4v) is 1.64. The first-order valence-corrected chi connectivity index (χ1v) is 6.47. The molecule has 0 aliphatic heterocycles. The molecule has 0 saturated heterocycles. The van der Waals surface area contributed by atoms with Crippen molar-refractivity contribution in [3.05, 3.63) is 48.5 Å². The Bertz CT molecular complexity index is 646. The molecule has 0 aromatic heterocycles. The maximum absolute atomic E-state index is 8.57. The van der Waals surface area contributed by atoms with Crippen LogP contribution < -0.4 is 27.2 Å². The van der Waals surface area contributed by atoms with Crippen molar-refractivity contribution in [1.29, 1.82) is 0 Å². The number of aliphatic imine (C=N–C) groups is 2. The molecule has 2 aromatic carbocycles. The Morgan fingerprint density at radius 2 is 1.04 bits per heavy atom. The Labute approximate surface area is 156 Å². The molecule has 0 heterocycles. The van der Waals surface area contributed by atoms with E-state index < -0.39 is 0 Å². The van der Waals surface area contributed by atoms with Crippen LogP contribution in [-0.2, 0) is 0 Å². The van der Waals surface area contributed by atoms with Gasteiger partial charge in [-0.05, 0) is 48.5 Å². The van der Waals surface area contributed by atoms with Gasteiger partial charge in [-0.2, -0.15) is 0 Å². The number of nitrogens with zero attached hydrogens (tertiary/aromatic N) is 2. The lowest BCUT2D eigenvalue weighted by molar-refractivity contribution is 0.233. The molecule has 0 aliphatic rings. The number of benzene rings is 2. The van der Waals surface area contributed by atoms with E-state index in [0.717, 1.165) is 0 Å². The van der Waals surface area contributed by atoms with E-state index in [1.807, 2.05) is 0 Å². The summed E-state index contributed by atoms with van der Waals surface area (Å²) in [6.07, 6.45) is 0. The van der Waals surface area contributed by atoms with Gasteiger partial charge in [-0.3, -0.25) is 10.4 Å². The molecule has 2 rings (SSSR count). The summed E-state index contributed by atoms with van der Waals surface area (Å²) in [5.74, 6) is 0.998. The Morgan fingerprint density at radius 1 is 0.720 bits per heavy atom. The van der Waals surface area contributed by atoms with Gasteiger partial charge in [-0.1, -0.05) is 0 Å². The van der Waals surface area contributed by atoms with E-state index in [4.69, 9.17) is 26.6 Å². The number of rotatable bonds is 4. The van der Waals surface area contributed by atoms with E-state index >= 15 is 0 Å². The van der Waals surface area contributed by atoms with Gasteiger partial charge in [-0.15, -0.1) is 24.8 Å². The van der Waals surface area contributed by atoms with E-state index in [-0.39, 0.29) is 36.7 Å². The maximum Gasteiger partial charge on any atom is 0.218 e. The number of hydrogen-bond donors (Lipinski definition) is 6. The van der Waals surface area contributed by atoms with Crippen molar-refractivity contribution in [2.24, 2.45) is 21.5 Å². The zero-order chi connectivity index (χ0) is 16.7. The highest BCUT2D eigenvalue weighted by molar-refractivity contribution is 5.85. The van der Waals surface area contributed by atoms with Gasteiger partial charge in [0.1, 0.15) is 11.5 Å². The summed E-state index contributed by atoms with van der Waals surface area (Å²) in [6.45, 7) is 0. The number of hydrogen-bond acceptors (Lipinski definition) is 5. The summed E-state index contributed by atoms with van der Waals surface area (Å²) < 4.78 is 5.66. The monoisotopic (exact) mass is 388 g/mol. The average molecular weight is 389 g/mol. The third kappa shape index (κ3) is 7.14. The molecular formula is C14H18Cl2N6O3. The summed E-state index contributed by atoms with van der Waals surface area (Å²) in [6, 6.07) is 13.6. The number of guanidine groups is 2. The maximum atomic E-state index is 8.57. The molecule has 0 unspecified atom stereocenters. The van der Waals surface area contributed by atoms with E-state index in [1.54, 1.807) is 59.5 Å². The standard InChI is InChI=1S/C14H16N6O3.2ClH/c15-13(19-21)17-9-1-5-11(6-2-9)23-12-7-3-10(4-8-12)18-14(16)20-22;;/h1-8,21-22H,(H3,15,17,19)(H3,16,18,20);2*1H. The van der Waals surface area contributed by atoms with Gasteiger partial charge >= 0.3 is 0 Å². The fraction of sp³-hybridized carbons (Fsp3) is 0. The van der Waals surface area contributed by atoms with Crippen molar-refractivity contribution in [2.75, 3.05) is 0 Å². The predicted octanol–water partition coefficient (Wildman–Crippen LogP) is 2.17. The van der Waals surface area contributed by atoms with E-state index in [2.05, 4.69) is 9.98 Å². The van der Waals surface area contributed by atoms with Gasteiger partial charge < -0.3 is 16.2 Å². The molecule has 0 spiro atoms. The number of nitrogens with two attached hydrogens (primary N) is 2. The molecule has 8 N–H and O–H groups in total. The van der Waals surface area contributed by atoms with Crippen LogP contribution in [0.15, 0.2) is 58.5 Å². The third-order valence-corrected chi connectivity index (χ3v) is 2.64. The number of halogens is 2. The molecule has 11 heteroatoms. The highest BCUT2D eigenvalue weighted by Gasteiger charge is 1.99. The van der Waals surface area contributed by atoms with Gasteiger partial charge in [0.25, 0.3) is 0 Å². The van der Waals surface area contributed by atoms with Crippen LogP contribution in [0.1, 0.15) is 0 Å². The molecule has 0 amide bonds. The second-order valence-corrected chi connectivity index (χ2v) is 4.31. The second kappa shape index (κ2) is 10.9. The number of nitrogens with one attached hydrogen (secondary N) is 2. The zero-order valence-electron chi connectivity index (χ0n) is 12.8. The third-order valence-electron chi connectivity index (χ3n) is 2.64. The predicted molar refractivity (Wildman–Crippen MR) is 99.9 cm³/mol. The van der Waals surface area contributed by atoms with Crippen LogP contribution >= 0.6 is 24.8 Å². The van der Waals surface area contributed by atoms with Crippen molar-refractivity contribution in [2.45, 2.75) is 0 Å². The van der Waals surface area contributed by atoms with Crippen molar-refractivity contribution in [3.8, 4) is 11.5 Å². The normalized spacial score (nSPS) is 11.0. The first-order chi connectivity index (χ1) is 11.1. The van der Waals surface area contributed by atoms with Crippen LogP contribution in [0.2, 0.25) is 0 Å². The molecular weight excluding hydrogens is 371 g/mol. The van der Waals surface area contributed by atoms with Crippen molar-refractivity contribution < 1.29 is 15.2 Å². The van der Waals surface area contributed by atoms with Gasteiger partial charge in [-0.25, -0.2) is 20.9 Å². The van der Waals surface area contributed by atoms with Gasteiger partial charge in [0.15, 0.2) is 0 Å². The first kappa shape index (κ1) is 22.3. The molecule has 25 heavy (non-hydrogen) atoms. The Hall–Kier alpha value is -2.72.